The van der Waals surface area contributed by atoms with Crippen molar-refractivity contribution in [2.45, 2.75) is 12.7 Å². The van der Waals surface area contributed by atoms with Crippen molar-refractivity contribution in [1.82, 2.24) is 9.78 Å². The topological polar surface area (TPSA) is 56.1 Å². The standard InChI is InChI=1S/C19H16F3N3O2/c20-19(21,22)15-5-1-4-14(12-15)18(26)24-16-6-2-7-17(13-16)27-11-10-25-9-3-8-23-25/h1-9,12-13H,10-11H2,(H,24,26). The number of benzene rings is 2. The smallest absolute Gasteiger partial charge is 0.416 e. The molecule has 0 aliphatic rings. The fraction of sp³-hybridized carbons (Fsp3) is 0.158. The summed E-state index contributed by atoms with van der Waals surface area (Å²) in [6, 6.07) is 12.7. The lowest BCUT2D eigenvalue weighted by molar-refractivity contribution is -0.137. The zero-order chi connectivity index (χ0) is 19.3. The summed E-state index contributed by atoms with van der Waals surface area (Å²) in [5.74, 6) is -0.0983. The van der Waals surface area contributed by atoms with Crippen molar-refractivity contribution in [1.29, 1.82) is 0 Å². The van der Waals surface area contributed by atoms with Gasteiger partial charge in [-0.25, -0.2) is 0 Å². The third-order valence-corrected chi connectivity index (χ3v) is 3.69. The molecule has 3 aromatic rings. The van der Waals surface area contributed by atoms with E-state index in [2.05, 4.69) is 10.4 Å². The maximum atomic E-state index is 12.8. The Bertz CT molecular complexity index is 909. The van der Waals surface area contributed by atoms with Crippen molar-refractivity contribution < 1.29 is 22.7 Å². The Morgan fingerprint density at radius 1 is 1.11 bits per heavy atom. The number of carbonyl (C=O) groups is 1. The first-order valence-corrected chi connectivity index (χ1v) is 8.11. The van der Waals surface area contributed by atoms with Crippen LogP contribution in [0.2, 0.25) is 0 Å². The molecule has 0 saturated heterocycles. The van der Waals surface area contributed by atoms with Crippen LogP contribution in [-0.4, -0.2) is 22.3 Å². The predicted octanol–water partition coefficient (Wildman–Crippen LogP) is 4.23. The Labute approximate surface area is 153 Å². The third-order valence-electron chi connectivity index (χ3n) is 3.69. The van der Waals surface area contributed by atoms with Crippen LogP contribution in [0.5, 0.6) is 5.75 Å². The van der Waals surface area contributed by atoms with E-state index in [4.69, 9.17) is 4.74 Å². The summed E-state index contributed by atoms with van der Waals surface area (Å²) in [4.78, 5) is 12.2. The van der Waals surface area contributed by atoms with Crippen LogP contribution in [0.1, 0.15) is 15.9 Å². The van der Waals surface area contributed by atoms with Gasteiger partial charge in [0.2, 0.25) is 0 Å². The molecule has 5 nitrogen and oxygen atoms in total. The van der Waals surface area contributed by atoms with Crippen LogP contribution in [0, 0.1) is 0 Å². The van der Waals surface area contributed by atoms with Gasteiger partial charge in [0.1, 0.15) is 12.4 Å². The first kappa shape index (κ1) is 18.5. The van der Waals surface area contributed by atoms with Crippen LogP contribution in [0.25, 0.3) is 0 Å². The minimum atomic E-state index is -4.50. The highest BCUT2D eigenvalue weighted by Gasteiger charge is 2.30. The molecule has 2 aromatic carbocycles. The van der Waals surface area contributed by atoms with E-state index in [-0.39, 0.29) is 5.56 Å². The summed E-state index contributed by atoms with van der Waals surface area (Å²) in [5.41, 5.74) is -0.519. The normalized spacial score (nSPS) is 11.2. The van der Waals surface area contributed by atoms with Gasteiger partial charge in [0.25, 0.3) is 5.91 Å². The molecule has 27 heavy (non-hydrogen) atoms. The number of nitrogens with one attached hydrogen (secondary N) is 1. The molecule has 1 amide bonds. The lowest BCUT2D eigenvalue weighted by Gasteiger charge is -2.11. The molecule has 0 atom stereocenters. The van der Waals surface area contributed by atoms with Crippen LogP contribution >= 0.6 is 0 Å². The number of aromatic nitrogens is 2. The number of anilines is 1. The Morgan fingerprint density at radius 2 is 1.93 bits per heavy atom. The largest absolute Gasteiger partial charge is 0.492 e. The number of carbonyl (C=O) groups excluding carboxylic acids is 1. The summed E-state index contributed by atoms with van der Waals surface area (Å²) in [7, 11) is 0. The van der Waals surface area contributed by atoms with Gasteiger partial charge in [-0.1, -0.05) is 12.1 Å². The summed E-state index contributed by atoms with van der Waals surface area (Å²) in [6.45, 7) is 0.945. The summed E-state index contributed by atoms with van der Waals surface area (Å²) >= 11 is 0. The maximum Gasteiger partial charge on any atom is 0.416 e. The van der Waals surface area contributed by atoms with Gasteiger partial charge in [0.15, 0.2) is 0 Å². The Balaban J connectivity index is 1.62. The zero-order valence-corrected chi connectivity index (χ0v) is 14.1. The van der Waals surface area contributed by atoms with E-state index in [1.54, 1.807) is 35.1 Å². The average Bonchev–Trinajstić information content (AvgIpc) is 3.15. The number of halogens is 3. The predicted molar refractivity (Wildman–Crippen MR) is 93.6 cm³/mol. The van der Waals surface area contributed by atoms with Gasteiger partial charge in [-0.3, -0.25) is 9.48 Å². The lowest BCUT2D eigenvalue weighted by atomic mass is 10.1. The minimum absolute atomic E-state index is 0.0742. The van der Waals surface area contributed by atoms with Gasteiger partial charge >= 0.3 is 6.18 Å². The van der Waals surface area contributed by atoms with Crippen LogP contribution in [0.15, 0.2) is 67.0 Å². The number of nitrogens with zero attached hydrogens (tertiary/aromatic N) is 2. The molecule has 0 spiro atoms. The highest BCUT2D eigenvalue weighted by atomic mass is 19.4. The number of alkyl halides is 3. The SMILES string of the molecule is O=C(Nc1cccc(OCCn2cccn2)c1)c1cccc(C(F)(F)F)c1. The van der Waals surface area contributed by atoms with Gasteiger partial charge < -0.3 is 10.1 Å². The first-order valence-electron chi connectivity index (χ1n) is 8.11. The molecule has 0 radical (unpaired) electrons. The Morgan fingerprint density at radius 3 is 2.67 bits per heavy atom. The van der Waals surface area contributed by atoms with Gasteiger partial charge in [0, 0.05) is 29.7 Å². The lowest BCUT2D eigenvalue weighted by Crippen LogP contribution is -2.14. The second kappa shape index (κ2) is 7.94. The van der Waals surface area contributed by atoms with Crippen LogP contribution < -0.4 is 10.1 Å². The van der Waals surface area contributed by atoms with Crippen molar-refractivity contribution >= 4 is 11.6 Å². The van der Waals surface area contributed by atoms with Crippen molar-refractivity contribution in [3.63, 3.8) is 0 Å². The highest BCUT2D eigenvalue weighted by molar-refractivity contribution is 6.04. The summed E-state index contributed by atoms with van der Waals surface area (Å²) in [5, 5.41) is 6.64. The Hall–Kier alpha value is -3.29. The maximum absolute atomic E-state index is 12.8. The van der Waals surface area contributed by atoms with Crippen molar-refractivity contribution in [3.05, 3.63) is 78.1 Å². The summed E-state index contributed by atoms with van der Waals surface area (Å²) in [6.07, 6.45) is -1.02. The monoisotopic (exact) mass is 375 g/mol. The Kier molecular flexibility index (Phi) is 5.44. The molecule has 0 saturated carbocycles. The molecular weight excluding hydrogens is 359 g/mol. The second-order valence-electron chi connectivity index (χ2n) is 5.68. The van der Waals surface area contributed by atoms with E-state index in [1.807, 2.05) is 12.3 Å². The van der Waals surface area contributed by atoms with E-state index in [0.29, 0.717) is 24.6 Å². The number of rotatable bonds is 6. The van der Waals surface area contributed by atoms with E-state index in [1.165, 1.54) is 12.1 Å². The fourth-order valence-electron chi connectivity index (χ4n) is 2.39. The molecule has 0 aliphatic carbocycles. The molecule has 0 unspecified atom stereocenters. The zero-order valence-electron chi connectivity index (χ0n) is 14.1. The average molecular weight is 375 g/mol. The highest BCUT2D eigenvalue weighted by Crippen LogP contribution is 2.29. The summed E-state index contributed by atoms with van der Waals surface area (Å²) < 4.78 is 45.7. The number of ether oxygens (including phenoxy) is 1. The second-order valence-corrected chi connectivity index (χ2v) is 5.68. The molecule has 1 heterocycles. The van der Waals surface area contributed by atoms with Gasteiger partial charge in [-0.2, -0.15) is 18.3 Å². The first-order chi connectivity index (χ1) is 12.9. The molecule has 8 heteroatoms. The van der Waals surface area contributed by atoms with E-state index in [9.17, 15) is 18.0 Å². The third kappa shape index (κ3) is 5.10. The quantitative estimate of drug-likeness (QED) is 0.701. The number of hydrogen-bond acceptors (Lipinski definition) is 3. The van der Waals surface area contributed by atoms with Crippen molar-refractivity contribution in [2.24, 2.45) is 0 Å². The molecular formula is C19H16F3N3O2. The number of amides is 1. The van der Waals surface area contributed by atoms with Gasteiger partial charge in [0.05, 0.1) is 12.1 Å². The van der Waals surface area contributed by atoms with Crippen molar-refractivity contribution in [3.8, 4) is 5.75 Å². The van der Waals surface area contributed by atoms with Crippen LogP contribution in [-0.2, 0) is 12.7 Å². The molecule has 1 aromatic heterocycles. The molecule has 140 valence electrons. The minimum Gasteiger partial charge on any atom is -0.492 e. The molecule has 0 bridgehead atoms. The molecule has 1 N–H and O–H groups in total. The molecule has 0 aliphatic heterocycles. The van der Waals surface area contributed by atoms with Crippen LogP contribution in [0.3, 0.4) is 0 Å². The van der Waals surface area contributed by atoms with E-state index in [0.717, 1.165) is 12.1 Å². The molecule has 0 fully saturated rings. The van der Waals surface area contributed by atoms with Gasteiger partial charge in [-0.15, -0.1) is 0 Å². The fourth-order valence-corrected chi connectivity index (χ4v) is 2.39. The van der Waals surface area contributed by atoms with Gasteiger partial charge in [-0.05, 0) is 36.4 Å². The van der Waals surface area contributed by atoms with E-state index >= 15 is 0 Å². The number of hydrogen-bond donors (Lipinski definition) is 1. The van der Waals surface area contributed by atoms with E-state index < -0.39 is 17.6 Å². The molecule has 3 rings (SSSR count). The van der Waals surface area contributed by atoms with Crippen LogP contribution in [0.4, 0.5) is 18.9 Å². The van der Waals surface area contributed by atoms with Crippen molar-refractivity contribution in [2.75, 3.05) is 11.9 Å².